The Balaban J connectivity index is 2.86. The fraction of sp³-hybridized carbons (Fsp3) is 0.778. The summed E-state index contributed by atoms with van der Waals surface area (Å²) < 4.78 is 38.6. The van der Waals surface area contributed by atoms with Crippen molar-refractivity contribution in [2.75, 3.05) is 13.1 Å². The second kappa shape index (κ2) is 4.52. The van der Waals surface area contributed by atoms with Gasteiger partial charge >= 0.3 is 12.1 Å². The number of carbonyl (C=O) groups is 2. The molecule has 0 radical (unpaired) electrons. The third-order valence-electron chi connectivity index (χ3n) is 2.85. The van der Waals surface area contributed by atoms with E-state index >= 15 is 0 Å². The average molecular weight is 254 g/mol. The van der Waals surface area contributed by atoms with Crippen LogP contribution in [0.4, 0.5) is 13.2 Å². The predicted octanol–water partition coefficient (Wildman–Crippen LogP) is 0.118. The molecule has 1 heterocycles. The summed E-state index contributed by atoms with van der Waals surface area (Å²) in [6, 6.07) is -1.35. The van der Waals surface area contributed by atoms with Gasteiger partial charge in [-0.15, -0.1) is 0 Å². The maximum atomic E-state index is 12.9. The highest BCUT2D eigenvalue weighted by atomic mass is 19.4. The Morgan fingerprint density at radius 1 is 1.47 bits per heavy atom. The predicted molar refractivity (Wildman–Crippen MR) is 51.2 cm³/mol. The molecular formula is C9H13F3N2O3. The summed E-state index contributed by atoms with van der Waals surface area (Å²) in [7, 11) is 0. The summed E-state index contributed by atoms with van der Waals surface area (Å²) in [6.45, 7) is 0.676. The van der Waals surface area contributed by atoms with Crippen LogP contribution in [0.1, 0.15) is 13.3 Å². The highest BCUT2D eigenvalue weighted by molar-refractivity contribution is 5.88. The summed E-state index contributed by atoms with van der Waals surface area (Å²) in [4.78, 5) is 22.1. The molecule has 0 aliphatic carbocycles. The molecule has 1 saturated heterocycles. The molecule has 5 nitrogen and oxygen atoms in total. The van der Waals surface area contributed by atoms with E-state index in [1.54, 1.807) is 0 Å². The van der Waals surface area contributed by atoms with Crippen LogP contribution in [0.2, 0.25) is 0 Å². The van der Waals surface area contributed by atoms with Crippen molar-refractivity contribution in [2.24, 2.45) is 5.41 Å². The Morgan fingerprint density at radius 3 is 2.41 bits per heavy atom. The molecule has 0 aromatic heterocycles. The summed E-state index contributed by atoms with van der Waals surface area (Å²) in [5.41, 5.74) is -2.52. The summed E-state index contributed by atoms with van der Waals surface area (Å²) in [5, 5.41) is 12.9. The second-order valence-electron chi connectivity index (χ2n) is 4.04. The van der Waals surface area contributed by atoms with Crippen LogP contribution < -0.4 is 10.6 Å². The molecule has 3 N–H and O–H groups in total. The summed E-state index contributed by atoms with van der Waals surface area (Å²) in [6.07, 6.45) is -5.08. The molecule has 0 bridgehead atoms. The van der Waals surface area contributed by atoms with E-state index in [0.29, 0.717) is 0 Å². The zero-order chi connectivity index (χ0) is 13.3. The van der Waals surface area contributed by atoms with Gasteiger partial charge in [0.05, 0.1) is 0 Å². The van der Waals surface area contributed by atoms with Crippen molar-refractivity contribution in [3.8, 4) is 0 Å². The van der Waals surface area contributed by atoms with Gasteiger partial charge in [0, 0.05) is 6.54 Å². The first kappa shape index (κ1) is 13.8. The van der Waals surface area contributed by atoms with Gasteiger partial charge in [0.2, 0.25) is 5.91 Å². The zero-order valence-corrected chi connectivity index (χ0v) is 9.10. The number of rotatable bonds is 3. The van der Waals surface area contributed by atoms with Gasteiger partial charge in [-0.3, -0.25) is 9.59 Å². The van der Waals surface area contributed by atoms with Crippen molar-refractivity contribution in [1.82, 2.24) is 10.6 Å². The quantitative estimate of drug-likeness (QED) is 0.668. The Hall–Kier alpha value is -1.31. The number of amides is 1. The minimum atomic E-state index is -4.70. The lowest BCUT2D eigenvalue weighted by atomic mass is 9.85. The van der Waals surface area contributed by atoms with Gasteiger partial charge < -0.3 is 15.7 Å². The molecule has 1 rings (SSSR count). The van der Waals surface area contributed by atoms with Gasteiger partial charge in [-0.05, 0) is 19.9 Å². The van der Waals surface area contributed by atoms with E-state index in [4.69, 9.17) is 5.11 Å². The molecule has 8 heteroatoms. The molecule has 1 unspecified atom stereocenters. The fourth-order valence-electron chi connectivity index (χ4n) is 1.65. The van der Waals surface area contributed by atoms with Crippen molar-refractivity contribution in [3.05, 3.63) is 0 Å². The molecule has 2 atom stereocenters. The molecule has 17 heavy (non-hydrogen) atoms. The molecular weight excluding hydrogens is 241 g/mol. The average Bonchev–Trinajstić information content (AvgIpc) is 2.65. The van der Waals surface area contributed by atoms with E-state index in [1.807, 2.05) is 5.32 Å². The maximum absolute atomic E-state index is 12.9. The highest BCUT2D eigenvalue weighted by Crippen LogP contribution is 2.43. The van der Waals surface area contributed by atoms with Crippen LogP contribution in [0.3, 0.4) is 0 Å². The Labute approximate surface area is 95.4 Å². The van der Waals surface area contributed by atoms with Gasteiger partial charge in [-0.2, -0.15) is 13.2 Å². The first-order valence-corrected chi connectivity index (χ1v) is 5.02. The third kappa shape index (κ3) is 2.51. The number of aliphatic carboxylic acids is 1. The normalized spacial score (nSPS) is 26.6. The number of halogens is 3. The number of carboxylic acid groups (broad SMARTS) is 1. The standard InChI is InChI=1S/C9H13F3N2O3/c1-5(6(15)16)14-7(17)8(9(10,11)12)2-3-13-4-8/h5,13H,2-4H2,1H3,(H,14,17)(H,15,16)/t5-,8?/m0/s1. The molecule has 1 amide bonds. The number of nitrogens with one attached hydrogen (secondary N) is 2. The second-order valence-corrected chi connectivity index (χ2v) is 4.04. The Kier molecular flexibility index (Phi) is 3.65. The topological polar surface area (TPSA) is 78.4 Å². The molecule has 0 spiro atoms. The van der Waals surface area contributed by atoms with Crippen LogP contribution in [-0.4, -0.2) is 42.3 Å². The highest BCUT2D eigenvalue weighted by Gasteiger charge is 2.61. The Morgan fingerprint density at radius 2 is 2.06 bits per heavy atom. The number of alkyl halides is 3. The SMILES string of the molecule is C[C@H](NC(=O)C1(C(F)(F)F)CCNC1)C(=O)O. The molecule has 1 aliphatic heterocycles. The molecule has 0 aromatic rings. The molecule has 0 saturated carbocycles. The number of hydrogen-bond acceptors (Lipinski definition) is 3. The smallest absolute Gasteiger partial charge is 0.404 e. The van der Waals surface area contributed by atoms with Crippen molar-refractivity contribution in [2.45, 2.75) is 25.6 Å². The van der Waals surface area contributed by atoms with Crippen LogP contribution in [0, 0.1) is 5.41 Å². The number of carbonyl (C=O) groups excluding carboxylic acids is 1. The van der Waals surface area contributed by atoms with Gasteiger partial charge in [-0.1, -0.05) is 0 Å². The van der Waals surface area contributed by atoms with Gasteiger partial charge in [0.1, 0.15) is 6.04 Å². The number of hydrogen-bond donors (Lipinski definition) is 3. The minimum absolute atomic E-state index is 0.0778. The first-order valence-electron chi connectivity index (χ1n) is 5.02. The Bertz CT molecular complexity index is 324. The van der Waals surface area contributed by atoms with E-state index in [-0.39, 0.29) is 13.0 Å². The maximum Gasteiger partial charge on any atom is 0.404 e. The number of carboxylic acids is 1. The van der Waals surface area contributed by atoms with Crippen molar-refractivity contribution >= 4 is 11.9 Å². The molecule has 98 valence electrons. The van der Waals surface area contributed by atoms with Crippen LogP contribution in [0.5, 0.6) is 0 Å². The monoisotopic (exact) mass is 254 g/mol. The van der Waals surface area contributed by atoms with Gasteiger partial charge in [0.15, 0.2) is 5.41 Å². The van der Waals surface area contributed by atoms with E-state index in [9.17, 15) is 22.8 Å². The van der Waals surface area contributed by atoms with Crippen LogP contribution in [0.15, 0.2) is 0 Å². The van der Waals surface area contributed by atoms with E-state index < -0.39 is 36.1 Å². The zero-order valence-electron chi connectivity index (χ0n) is 9.10. The van der Waals surface area contributed by atoms with Crippen molar-refractivity contribution in [3.63, 3.8) is 0 Å². The lowest BCUT2D eigenvalue weighted by molar-refractivity contribution is -0.216. The van der Waals surface area contributed by atoms with Crippen LogP contribution in [-0.2, 0) is 9.59 Å². The summed E-state index contributed by atoms with van der Waals surface area (Å²) in [5.74, 6) is -2.66. The van der Waals surface area contributed by atoms with Crippen molar-refractivity contribution < 1.29 is 27.9 Å². The third-order valence-corrected chi connectivity index (χ3v) is 2.85. The summed E-state index contributed by atoms with van der Waals surface area (Å²) >= 11 is 0. The fourth-order valence-corrected chi connectivity index (χ4v) is 1.65. The van der Waals surface area contributed by atoms with E-state index in [0.717, 1.165) is 6.92 Å². The first-order chi connectivity index (χ1) is 7.71. The lowest BCUT2D eigenvalue weighted by Crippen LogP contribution is -2.55. The largest absolute Gasteiger partial charge is 0.480 e. The van der Waals surface area contributed by atoms with Crippen LogP contribution >= 0.6 is 0 Å². The lowest BCUT2D eigenvalue weighted by Gasteiger charge is -2.30. The van der Waals surface area contributed by atoms with Crippen molar-refractivity contribution in [1.29, 1.82) is 0 Å². The van der Waals surface area contributed by atoms with E-state index in [2.05, 4.69) is 5.32 Å². The minimum Gasteiger partial charge on any atom is -0.480 e. The van der Waals surface area contributed by atoms with E-state index in [1.165, 1.54) is 0 Å². The van der Waals surface area contributed by atoms with Gasteiger partial charge in [-0.25, -0.2) is 0 Å². The molecule has 0 aromatic carbocycles. The van der Waals surface area contributed by atoms with Gasteiger partial charge in [0.25, 0.3) is 0 Å². The molecule has 1 aliphatic rings. The van der Waals surface area contributed by atoms with Crippen LogP contribution in [0.25, 0.3) is 0 Å². The molecule has 1 fully saturated rings.